The van der Waals surface area contributed by atoms with Crippen LogP contribution in [0, 0.1) is 13.8 Å². The fourth-order valence-electron chi connectivity index (χ4n) is 2.95. The molecule has 3 heterocycles. The number of carbonyl (C=O) groups is 1. The number of aromatic nitrogens is 3. The molecule has 6 nitrogen and oxygen atoms in total. The number of aryl methyl sites for hydroxylation is 1. The van der Waals surface area contributed by atoms with Crippen molar-refractivity contribution >= 4 is 34.0 Å². The standard InChI is InChI=1S/C22H17ClN4O2S/c1-13-8-9-24-20(14(13)2)18-12-30-22(25-18)26-21(29)15-6-7-19(28)27(11-15)17-5-3-4-16(23)10-17/h3-12H,1-2H3,(H,25,26,29). The summed E-state index contributed by atoms with van der Waals surface area (Å²) in [6, 6.07) is 11.7. The van der Waals surface area contributed by atoms with Gasteiger partial charge in [0.2, 0.25) is 0 Å². The van der Waals surface area contributed by atoms with E-state index in [1.807, 2.05) is 25.3 Å². The third-order valence-corrected chi connectivity index (χ3v) is 5.69. The third-order valence-electron chi connectivity index (χ3n) is 4.70. The molecule has 0 saturated heterocycles. The van der Waals surface area contributed by atoms with Gasteiger partial charge in [0.05, 0.1) is 16.9 Å². The highest BCUT2D eigenvalue weighted by Crippen LogP contribution is 2.27. The SMILES string of the molecule is Cc1ccnc(-c2csc(NC(=O)c3ccc(=O)n(-c4cccc(Cl)c4)c3)n2)c1C. The van der Waals surface area contributed by atoms with Gasteiger partial charge in [-0.25, -0.2) is 4.98 Å². The molecule has 3 aromatic heterocycles. The molecule has 0 saturated carbocycles. The van der Waals surface area contributed by atoms with Crippen LogP contribution in [0.4, 0.5) is 5.13 Å². The number of benzene rings is 1. The van der Waals surface area contributed by atoms with Gasteiger partial charge in [-0.2, -0.15) is 0 Å². The van der Waals surface area contributed by atoms with E-state index in [1.54, 1.807) is 30.5 Å². The van der Waals surface area contributed by atoms with Gasteiger partial charge in [-0.3, -0.25) is 24.5 Å². The lowest BCUT2D eigenvalue weighted by atomic mass is 10.1. The molecule has 30 heavy (non-hydrogen) atoms. The van der Waals surface area contributed by atoms with Crippen LogP contribution in [0.2, 0.25) is 5.02 Å². The molecule has 1 amide bonds. The number of hydrogen-bond acceptors (Lipinski definition) is 5. The summed E-state index contributed by atoms with van der Waals surface area (Å²) in [4.78, 5) is 33.9. The minimum Gasteiger partial charge on any atom is -0.298 e. The maximum absolute atomic E-state index is 12.7. The van der Waals surface area contributed by atoms with Crippen molar-refractivity contribution in [3.05, 3.63) is 92.3 Å². The molecule has 4 aromatic rings. The highest BCUT2D eigenvalue weighted by Gasteiger charge is 2.14. The Hall–Kier alpha value is -3.29. The van der Waals surface area contributed by atoms with Crippen LogP contribution < -0.4 is 10.9 Å². The van der Waals surface area contributed by atoms with Crippen molar-refractivity contribution in [2.24, 2.45) is 0 Å². The van der Waals surface area contributed by atoms with Crippen LogP contribution in [0.3, 0.4) is 0 Å². The average molecular weight is 437 g/mol. The molecule has 0 atom stereocenters. The second-order valence-corrected chi connectivity index (χ2v) is 7.99. The first-order valence-electron chi connectivity index (χ1n) is 9.10. The van der Waals surface area contributed by atoms with Crippen LogP contribution in [0.1, 0.15) is 21.5 Å². The number of anilines is 1. The van der Waals surface area contributed by atoms with Crippen molar-refractivity contribution in [3.63, 3.8) is 0 Å². The molecule has 0 aliphatic carbocycles. The molecule has 0 unspecified atom stereocenters. The van der Waals surface area contributed by atoms with Gasteiger partial charge in [0.15, 0.2) is 5.13 Å². The zero-order valence-corrected chi connectivity index (χ0v) is 17.8. The van der Waals surface area contributed by atoms with E-state index in [1.165, 1.54) is 34.2 Å². The Kier molecular flexibility index (Phi) is 5.48. The summed E-state index contributed by atoms with van der Waals surface area (Å²) >= 11 is 7.34. The number of halogens is 1. The fourth-order valence-corrected chi connectivity index (χ4v) is 3.82. The van der Waals surface area contributed by atoms with Crippen molar-refractivity contribution in [2.45, 2.75) is 13.8 Å². The first-order chi connectivity index (χ1) is 14.4. The monoisotopic (exact) mass is 436 g/mol. The smallest absolute Gasteiger partial charge is 0.258 e. The number of rotatable bonds is 4. The van der Waals surface area contributed by atoms with Gasteiger partial charge < -0.3 is 0 Å². The number of thiazole rings is 1. The van der Waals surface area contributed by atoms with E-state index in [4.69, 9.17) is 11.6 Å². The molecule has 1 aromatic carbocycles. The Morgan fingerprint density at radius 2 is 2.00 bits per heavy atom. The van der Waals surface area contributed by atoms with E-state index in [0.29, 0.717) is 27.1 Å². The number of nitrogens with one attached hydrogen (secondary N) is 1. The van der Waals surface area contributed by atoms with Crippen molar-refractivity contribution < 1.29 is 4.79 Å². The minimum absolute atomic E-state index is 0.258. The molecule has 0 aliphatic heterocycles. The van der Waals surface area contributed by atoms with Crippen LogP contribution in [0.5, 0.6) is 0 Å². The van der Waals surface area contributed by atoms with Gasteiger partial charge in [-0.05, 0) is 55.3 Å². The molecule has 0 spiro atoms. The van der Waals surface area contributed by atoms with Crippen molar-refractivity contribution in [1.82, 2.24) is 14.5 Å². The summed E-state index contributed by atoms with van der Waals surface area (Å²) in [7, 11) is 0. The fraction of sp³-hybridized carbons (Fsp3) is 0.0909. The lowest BCUT2D eigenvalue weighted by Crippen LogP contribution is -2.20. The highest BCUT2D eigenvalue weighted by molar-refractivity contribution is 7.14. The van der Waals surface area contributed by atoms with Gasteiger partial charge >= 0.3 is 0 Å². The number of nitrogens with zero attached hydrogens (tertiary/aromatic N) is 3. The lowest BCUT2D eigenvalue weighted by Gasteiger charge is -2.08. The quantitative estimate of drug-likeness (QED) is 0.494. The van der Waals surface area contributed by atoms with E-state index in [9.17, 15) is 9.59 Å². The molecular formula is C22H17ClN4O2S. The van der Waals surface area contributed by atoms with Gasteiger partial charge in [0, 0.05) is 28.9 Å². The van der Waals surface area contributed by atoms with Gasteiger partial charge in [-0.1, -0.05) is 17.7 Å². The Bertz CT molecular complexity index is 1310. The van der Waals surface area contributed by atoms with Crippen molar-refractivity contribution in [3.8, 4) is 17.1 Å². The second kappa shape index (κ2) is 8.22. The maximum atomic E-state index is 12.7. The molecule has 0 bridgehead atoms. The van der Waals surface area contributed by atoms with Crippen LogP contribution in [0.25, 0.3) is 17.1 Å². The summed E-state index contributed by atoms with van der Waals surface area (Å²) in [5.41, 5.74) is 4.33. The van der Waals surface area contributed by atoms with E-state index < -0.39 is 0 Å². The predicted octanol–water partition coefficient (Wildman–Crippen LogP) is 4.88. The number of carbonyl (C=O) groups excluding carboxylic acids is 1. The lowest BCUT2D eigenvalue weighted by molar-refractivity contribution is 0.102. The second-order valence-electron chi connectivity index (χ2n) is 6.70. The molecule has 8 heteroatoms. The first kappa shape index (κ1) is 20.0. The van der Waals surface area contributed by atoms with E-state index in [0.717, 1.165) is 16.8 Å². The van der Waals surface area contributed by atoms with Crippen LogP contribution in [-0.4, -0.2) is 20.4 Å². The van der Waals surface area contributed by atoms with E-state index in [-0.39, 0.29) is 11.5 Å². The maximum Gasteiger partial charge on any atom is 0.258 e. The van der Waals surface area contributed by atoms with Gasteiger partial charge in [0.25, 0.3) is 11.5 Å². The van der Waals surface area contributed by atoms with Gasteiger partial charge in [-0.15, -0.1) is 11.3 Å². The summed E-state index contributed by atoms with van der Waals surface area (Å²) in [5.74, 6) is -0.361. The number of hydrogen-bond donors (Lipinski definition) is 1. The predicted molar refractivity (Wildman–Crippen MR) is 120 cm³/mol. The number of pyridine rings is 2. The van der Waals surface area contributed by atoms with Crippen molar-refractivity contribution in [1.29, 1.82) is 0 Å². The van der Waals surface area contributed by atoms with Crippen LogP contribution in [0.15, 0.2) is 65.0 Å². The number of amides is 1. The normalized spacial score (nSPS) is 10.8. The van der Waals surface area contributed by atoms with Crippen LogP contribution in [-0.2, 0) is 0 Å². The average Bonchev–Trinajstić information content (AvgIpc) is 3.18. The molecule has 4 rings (SSSR count). The summed E-state index contributed by atoms with van der Waals surface area (Å²) < 4.78 is 1.38. The largest absolute Gasteiger partial charge is 0.298 e. The molecule has 0 fully saturated rings. The Balaban J connectivity index is 1.59. The zero-order valence-electron chi connectivity index (χ0n) is 16.2. The third kappa shape index (κ3) is 4.03. The first-order valence-corrected chi connectivity index (χ1v) is 10.4. The van der Waals surface area contributed by atoms with Crippen molar-refractivity contribution in [2.75, 3.05) is 5.32 Å². The topological polar surface area (TPSA) is 76.9 Å². The molecule has 0 aliphatic rings. The summed E-state index contributed by atoms with van der Waals surface area (Å²) in [6.45, 7) is 4.01. The molecular weight excluding hydrogens is 420 g/mol. The Labute approximate surface area is 181 Å². The Morgan fingerprint density at radius 3 is 2.80 bits per heavy atom. The van der Waals surface area contributed by atoms with E-state index >= 15 is 0 Å². The minimum atomic E-state index is -0.361. The summed E-state index contributed by atoms with van der Waals surface area (Å²) in [5, 5.41) is 5.61. The van der Waals surface area contributed by atoms with Gasteiger partial charge in [0.1, 0.15) is 5.69 Å². The zero-order chi connectivity index (χ0) is 21.3. The Morgan fingerprint density at radius 1 is 1.17 bits per heavy atom. The molecule has 1 N–H and O–H groups in total. The van der Waals surface area contributed by atoms with Crippen LogP contribution >= 0.6 is 22.9 Å². The highest BCUT2D eigenvalue weighted by atomic mass is 35.5. The molecule has 150 valence electrons. The van der Waals surface area contributed by atoms with E-state index in [2.05, 4.69) is 15.3 Å². The molecule has 0 radical (unpaired) electrons. The summed E-state index contributed by atoms with van der Waals surface area (Å²) in [6.07, 6.45) is 3.23.